The molecule has 5 nitrogen and oxygen atoms in total. The van der Waals surface area contributed by atoms with Crippen LogP contribution in [0.15, 0.2) is 0 Å². The van der Waals surface area contributed by atoms with Gasteiger partial charge in [0.15, 0.2) is 0 Å². The summed E-state index contributed by atoms with van der Waals surface area (Å²) in [6, 6.07) is 0.0299. The molecule has 3 fully saturated rings. The van der Waals surface area contributed by atoms with Crippen LogP contribution in [0.1, 0.15) is 70.6 Å². The van der Waals surface area contributed by atoms with Crippen molar-refractivity contribution in [1.29, 1.82) is 0 Å². The molecule has 0 aromatic carbocycles. The first kappa shape index (κ1) is 18.7. The summed E-state index contributed by atoms with van der Waals surface area (Å²) in [6.07, 6.45) is 11.6. The van der Waals surface area contributed by atoms with Crippen LogP contribution in [0, 0.1) is 11.8 Å². The van der Waals surface area contributed by atoms with Gasteiger partial charge in [0.25, 0.3) is 0 Å². The summed E-state index contributed by atoms with van der Waals surface area (Å²) < 4.78 is 0. The molecule has 1 saturated carbocycles. The maximum atomic E-state index is 12.9. The molecule has 2 heterocycles. The number of hydrogen-bond donors (Lipinski definition) is 1. The van der Waals surface area contributed by atoms with Crippen molar-refractivity contribution in [3.05, 3.63) is 0 Å². The van der Waals surface area contributed by atoms with Gasteiger partial charge < -0.3 is 15.5 Å². The molecule has 25 heavy (non-hydrogen) atoms. The first-order valence-corrected chi connectivity index (χ1v) is 10.5. The lowest BCUT2D eigenvalue weighted by Crippen LogP contribution is -2.47. The Bertz CT molecular complexity index is 454. The number of nitrogens with zero attached hydrogens (tertiary/aromatic N) is 2. The second-order valence-electron chi connectivity index (χ2n) is 8.32. The molecule has 3 rings (SSSR count). The Morgan fingerprint density at radius 1 is 0.760 bits per heavy atom. The van der Waals surface area contributed by atoms with E-state index in [1.807, 2.05) is 9.80 Å². The lowest BCUT2D eigenvalue weighted by atomic mass is 9.85. The Morgan fingerprint density at radius 2 is 1.40 bits per heavy atom. The van der Waals surface area contributed by atoms with Gasteiger partial charge in [-0.2, -0.15) is 0 Å². The van der Waals surface area contributed by atoms with Crippen molar-refractivity contribution in [2.75, 3.05) is 26.2 Å². The van der Waals surface area contributed by atoms with Crippen LogP contribution >= 0.6 is 0 Å². The van der Waals surface area contributed by atoms with Gasteiger partial charge in [-0.25, -0.2) is 0 Å². The first-order chi connectivity index (χ1) is 12.1. The van der Waals surface area contributed by atoms with Gasteiger partial charge in [0.1, 0.15) is 0 Å². The molecular formula is C20H35N3O2. The molecule has 0 radical (unpaired) electrons. The zero-order valence-corrected chi connectivity index (χ0v) is 15.6. The fraction of sp³-hybridized carbons (Fsp3) is 0.900. The summed E-state index contributed by atoms with van der Waals surface area (Å²) in [5.74, 6) is 1.06. The van der Waals surface area contributed by atoms with Crippen molar-refractivity contribution >= 4 is 11.8 Å². The Balaban J connectivity index is 1.45. The third-order valence-electron chi connectivity index (χ3n) is 6.48. The lowest BCUT2D eigenvalue weighted by Gasteiger charge is -2.36. The van der Waals surface area contributed by atoms with Crippen LogP contribution in [0.2, 0.25) is 0 Å². The second kappa shape index (κ2) is 9.02. The molecular weight excluding hydrogens is 314 g/mol. The largest absolute Gasteiger partial charge is 0.343 e. The Hall–Kier alpha value is -1.10. The van der Waals surface area contributed by atoms with Gasteiger partial charge in [0.05, 0.1) is 5.92 Å². The van der Waals surface area contributed by atoms with E-state index in [2.05, 4.69) is 0 Å². The normalized spacial score (nSPS) is 29.3. The molecule has 2 amide bonds. The molecule has 1 aliphatic carbocycles. The number of hydrogen-bond acceptors (Lipinski definition) is 3. The molecule has 0 aromatic rings. The number of likely N-dealkylation sites (tertiary alicyclic amines) is 2. The highest BCUT2D eigenvalue weighted by Gasteiger charge is 2.33. The molecule has 2 atom stereocenters. The minimum Gasteiger partial charge on any atom is -0.343 e. The topological polar surface area (TPSA) is 66.6 Å². The zero-order chi connectivity index (χ0) is 17.6. The number of rotatable bonds is 3. The van der Waals surface area contributed by atoms with Gasteiger partial charge in [-0.15, -0.1) is 0 Å². The van der Waals surface area contributed by atoms with Crippen LogP contribution in [0.5, 0.6) is 0 Å². The van der Waals surface area contributed by atoms with Crippen LogP contribution in [0.3, 0.4) is 0 Å². The van der Waals surface area contributed by atoms with Crippen molar-refractivity contribution in [3.63, 3.8) is 0 Å². The third-order valence-corrected chi connectivity index (χ3v) is 6.48. The summed E-state index contributed by atoms with van der Waals surface area (Å²) in [5, 5.41) is 0. The number of amides is 2. The summed E-state index contributed by atoms with van der Waals surface area (Å²) in [6.45, 7) is 3.49. The van der Waals surface area contributed by atoms with Crippen LogP contribution in [0.4, 0.5) is 0 Å². The highest BCUT2D eigenvalue weighted by atomic mass is 16.2. The SMILES string of the molecule is NC1CCCCCCC1C(=O)N1CCC(CC(=O)N2CCCC2)CC1. The fourth-order valence-corrected chi connectivity index (χ4v) is 4.75. The number of piperidine rings is 1. The van der Waals surface area contributed by atoms with E-state index in [4.69, 9.17) is 5.73 Å². The number of carbonyl (C=O) groups excluding carboxylic acids is 2. The van der Waals surface area contributed by atoms with Crippen LogP contribution in [-0.2, 0) is 9.59 Å². The van der Waals surface area contributed by atoms with Crippen molar-refractivity contribution in [2.45, 2.75) is 76.7 Å². The van der Waals surface area contributed by atoms with Gasteiger partial charge >= 0.3 is 0 Å². The van der Waals surface area contributed by atoms with E-state index in [9.17, 15) is 9.59 Å². The van der Waals surface area contributed by atoms with E-state index in [0.717, 1.165) is 77.5 Å². The molecule has 2 unspecified atom stereocenters. The predicted octanol–water partition coefficient (Wildman–Crippen LogP) is 2.54. The Labute approximate surface area is 152 Å². The zero-order valence-electron chi connectivity index (χ0n) is 15.6. The van der Waals surface area contributed by atoms with E-state index in [-0.39, 0.29) is 17.9 Å². The summed E-state index contributed by atoms with van der Waals surface area (Å²) >= 11 is 0. The van der Waals surface area contributed by atoms with Crippen molar-refractivity contribution in [1.82, 2.24) is 9.80 Å². The summed E-state index contributed by atoms with van der Waals surface area (Å²) in [7, 11) is 0. The van der Waals surface area contributed by atoms with Crippen molar-refractivity contribution in [2.24, 2.45) is 17.6 Å². The highest BCUT2D eigenvalue weighted by Crippen LogP contribution is 2.27. The van der Waals surface area contributed by atoms with Crippen LogP contribution < -0.4 is 5.73 Å². The smallest absolute Gasteiger partial charge is 0.227 e. The average Bonchev–Trinajstić information content (AvgIpc) is 3.13. The number of carbonyl (C=O) groups is 2. The molecule has 2 aliphatic heterocycles. The van der Waals surface area contributed by atoms with Gasteiger partial charge in [-0.05, 0) is 44.4 Å². The summed E-state index contributed by atoms with van der Waals surface area (Å²) in [4.78, 5) is 29.3. The molecule has 2 saturated heterocycles. The van der Waals surface area contributed by atoms with E-state index in [1.54, 1.807) is 0 Å². The minimum atomic E-state index is 0.0167. The molecule has 142 valence electrons. The fourth-order valence-electron chi connectivity index (χ4n) is 4.75. The maximum Gasteiger partial charge on any atom is 0.227 e. The summed E-state index contributed by atoms with van der Waals surface area (Å²) in [5.41, 5.74) is 6.32. The van der Waals surface area contributed by atoms with E-state index >= 15 is 0 Å². The first-order valence-electron chi connectivity index (χ1n) is 10.5. The highest BCUT2D eigenvalue weighted by molar-refractivity contribution is 5.80. The van der Waals surface area contributed by atoms with Crippen LogP contribution in [-0.4, -0.2) is 53.8 Å². The molecule has 2 N–H and O–H groups in total. The van der Waals surface area contributed by atoms with Gasteiger partial charge in [-0.1, -0.05) is 25.7 Å². The number of nitrogens with two attached hydrogens (primary N) is 1. The lowest BCUT2D eigenvalue weighted by molar-refractivity contribution is -0.138. The minimum absolute atomic E-state index is 0.0167. The molecule has 0 aromatic heterocycles. The Kier molecular flexibility index (Phi) is 6.74. The van der Waals surface area contributed by atoms with Crippen LogP contribution in [0.25, 0.3) is 0 Å². The molecule has 0 spiro atoms. The maximum absolute atomic E-state index is 12.9. The van der Waals surface area contributed by atoms with E-state index < -0.39 is 0 Å². The van der Waals surface area contributed by atoms with Gasteiger partial charge in [0.2, 0.25) is 11.8 Å². The molecule has 3 aliphatic rings. The predicted molar refractivity (Wildman–Crippen MR) is 98.9 cm³/mol. The van der Waals surface area contributed by atoms with E-state index in [0.29, 0.717) is 18.2 Å². The average molecular weight is 350 g/mol. The molecule has 5 heteroatoms. The van der Waals surface area contributed by atoms with Gasteiger partial charge in [0, 0.05) is 38.6 Å². The quantitative estimate of drug-likeness (QED) is 0.851. The third kappa shape index (κ3) is 4.96. The van der Waals surface area contributed by atoms with Gasteiger partial charge in [-0.3, -0.25) is 9.59 Å². The van der Waals surface area contributed by atoms with Crippen molar-refractivity contribution < 1.29 is 9.59 Å². The Morgan fingerprint density at radius 3 is 2.08 bits per heavy atom. The van der Waals surface area contributed by atoms with E-state index in [1.165, 1.54) is 12.8 Å². The molecule has 0 bridgehead atoms. The van der Waals surface area contributed by atoms with Crippen molar-refractivity contribution in [3.8, 4) is 0 Å². The standard InChI is InChI=1S/C20H35N3O2/c21-18-8-4-2-1-3-7-17(18)20(25)23-13-9-16(10-14-23)15-19(24)22-11-5-6-12-22/h16-18H,1-15,21H2. The monoisotopic (exact) mass is 349 g/mol. The second-order valence-corrected chi connectivity index (χ2v) is 8.32.